The average molecular weight is 242 g/mol. The molecule has 84 valence electrons. The fourth-order valence-electron chi connectivity index (χ4n) is 1.70. The van der Waals surface area contributed by atoms with E-state index in [9.17, 15) is 0 Å². The average Bonchev–Trinajstić information content (AvgIpc) is 2.58. The smallest absolute Gasteiger partial charge is 0.117 e. The van der Waals surface area contributed by atoms with Crippen molar-refractivity contribution in [3.05, 3.63) is 0 Å². The molecule has 0 aromatic heterocycles. The maximum atomic E-state index is 6.19. The number of aliphatic imine (C=N–C) groups is 1. The first kappa shape index (κ1) is 14.0. The summed E-state index contributed by atoms with van der Waals surface area (Å²) in [7, 11) is 0. The predicted molar refractivity (Wildman–Crippen MR) is 61.8 cm³/mol. The Bertz CT molecular complexity index is 205. The molecule has 1 fully saturated rings. The molecular formula is C8H17Cl2N3O. The molecule has 0 spiro atoms. The van der Waals surface area contributed by atoms with Crippen molar-refractivity contribution in [1.29, 1.82) is 0 Å². The molecule has 3 N–H and O–H groups in total. The Morgan fingerprint density at radius 2 is 1.93 bits per heavy atom. The van der Waals surface area contributed by atoms with E-state index in [0.29, 0.717) is 0 Å². The molecule has 0 bridgehead atoms. The highest BCUT2D eigenvalue weighted by atomic mass is 35.5. The molecule has 2 rings (SSSR count). The van der Waals surface area contributed by atoms with E-state index in [1.54, 1.807) is 0 Å². The van der Waals surface area contributed by atoms with Gasteiger partial charge >= 0.3 is 0 Å². The molecule has 0 radical (unpaired) electrons. The van der Waals surface area contributed by atoms with E-state index in [-0.39, 0.29) is 30.4 Å². The van der Waals surface area contributed by atoms with Crippen LogP contribution in [0.25, 0.3) is 0 Å². The quantitative estimate of drug-likeness (QED) is 0.697. The minimum Gasteiger partial charge on any atom is -0.381 e. The summed E-state index contributed by atoms with van der Waals surface area (Å²) in [4.78, 5) is 4.36. The van der Waals surface area contributed by atoms with Crippen LogP contribution in [0.5, 0.6) is 0 Å². The number of nitrogens with one attached hydrogen (secondary N) is 1. The van der Waals surface area contributed by atoms with E-state index in [4.69, 9.17) is 10.5 Å². The van der Waals surface area contributed by atoms with Crippen molar-refractivity contribution in [3.63, 3.8) is 0 Å². The van der Waals surface area contributed by atoms with Crippen molar-refractivity contribution in [2.24, 2.45) is 10.7 Å². The fourth-order valence-corrected chi connectivity index (χ4v) is 1.70. The molecule has 1 saturated heterocycles. The number of hydrogen-bond acceptors (Lipinski definition) is 4. The molecule has 2 heterocycles. The second-order valence-electron chi connectivity index (χ2n) is 3.43. The summed E-state index contributed by atoms with van der Waals surface area (Å²) in [6.45, 7) is 3.33. The molecule has 0 amide bonds. The van der Waals surface area contributed by atoms with Crippen LogP contribution >= 0.6 is 24.8 Å². The summed E-state index contributed by atoms with van der Waals surface area (Å²) in [5.41, 5.74) is 5.96. The van der Waals surface area contributed by atoms with Crippen molar-refractivity contribution >= 4 is 30.6 Å². The Morgan fingerprint density at radius 1 is 1.29 bits per heavy atom. The van der Waals surface area contributed by atoms with Crippen molar-refractivity contribution in [2.75, 3.05) is 26.3 Å². The van der Waals surface area contributed by atoms with Crippen LogP contribution in [-0.2, 0) is 4.74 Å². The van der Waals surface area contributed by atoms with Gasteiger partial charge in [-0.05, 0) is 12.8 Å². The van der Waals surface area contributed by atoms with Crippen LogP contribution in [-0.4, -0.2) is 37.7 Å². The van der Waals surface area contributed by atoms with Gasteiger partial charge in [-0.2, -0.15) is 0 Å². The van der Waals surface area contributed by atoms with Crippen LogP contribution in [0.3, 0.4) is 0 Å². The number of rotatable bonds is 1. The molecule has 0 atom stereocenters. The summed E-state index contributed by atoms with van der Waals surface area (Å²) in [5.74, 6) is 0.991. The summed E-state index contributed by atoms with van der Waals surface area (Å²) in [6.07, 6.45) is 1.78. The molecule has 2 aliphatic heterocycles. The standard InChI is InChI=1S/C8H15N3O.2ClH/c9-8(1-5-12-6-2-8)7-10-3-4-11-7;;/h1-6,9H2,(H,10,11);2*1H. The predicted octanol–water partition coefficient (Wildman–Crippen LogP) is 0.340. The molecule has 4 nitrogen and oxygen atoms in total. The lowest BCUT2D eigenvalue weighted by Crippen LogP contribution is -2.55. The molecule has 2 aliphatic rings. The third-order valence-corrected chi connectivity index (χ3v) is 2.53. The highest BCUT2D eigenvalue weighted by molar-refractivity contribution is 5.92. The number of hydrogen-bond donors (Lipinski definition) is 2. The number of amidine groups is 1. The van der Waals surface area contributed by atoms with Gasteiger partial charge in [0.2, 0.25) is 0 Å². The Labute approximate surface area is 96.5 Å². The van der Waals surface area contributed by atoms with Gasteiger partial charge in [0, 0.05) is 19.8 Å². The SMILES string of the molecule is Cl.Cl.NC1(C2=NCCN2)CCOCC1. The van der Waals surface area contributed by atoms with Gasteiger partial charge in [-0.25, -0.2) is 0 Å². The summed E-state index contributed by atoms with van der Waals surface area (Å²) in [6, 6.07) is 0. The molecular weight excluding hydrogens is 225 g/mol. The van der Waals surface area contributed by atoms with E-state index in [2.05, 4.69) is 10.3 Å². The van der Waals surface area contributed by atoms with E-state index in [1.165, 1.54) is 0 Å². The van der Waals surface area contributed by atoms with Crippen molar-refractivity contribution < 1.29 is 4.74 Å². The molecule has 0 aromatic carbocycles. The summed E-state index contributed by atoms with van der Waals surface area (Å²) in [5, 5.41) is 3.24. The lowest BCUT2D eigenvalue weighted by Gasteiger charge is -2.33. The zero-order valence-electron chi connectivity index (χ0n) is 7.99. The van der Waals surface area contributed by atoms with E-state index in [1.807, 2.05) is 0 Å². The Hall–Kier alpha value is -0.0300. The number of nitrogens with two attached hydrogens (primary N) is 1. The van der Waals surface area contributed by atoms with Crippen molar-refractivity contribution in [2.45, 2.75) is 18.4 Å². The maximum Gasteiger partial charge on any atom is 0.117 e. The van der Waals surface area contributed by atoms with Crippen LogP contribution in [0, 0.1) is 0 Å². The molecule has 0 aliphatic carbocycles. The van der Waals surface area contributed by atoms with Gasteiger partial charge < -0.3 is 15.8 Å². The molecule has 6 heteroatoms. The number of ether oxygens (including phenoxy) is 1. The monoisotopic (exact) mass is 241 g/mol. The van der Waals surface area contributed by atoms with E-state index >= 15 is 0 Å². The zero-order valence-corrected chi connectivity index (χ0v) is 9.62. The first-order valence-corrected chi connectivity index (χ1v) is 4.47. The van der Waals surface area contributed by atoms with Gasteiger partial charge in [-0.3, -0.25) is 4.99 Å². The minimum absolute atomic E-state index is 0. The van der Waals surface area contributed by atoms with Gasteiger partial charge in [-0.15, -0.1) is 24.8 Å². The van der Waals surface area contributed by atoms with Gasteiger partial charge in [0.1, 0.15) is 5.84 Å². The fraction of sp³-hybridized carbons (Fsp3) is 0.875. The lowest BCUT2D eigenvalue weighted by molar-refractivity contribution is 0.0724. The van der Waals surface area contributed by atoms with Crippen molar-refractivity contribution in [3.8, 4) is 0 Å². The van der Waals surface area contributed by atoms with Crippen LogP contribution < -0.4 is 11.1 Å². The van der Waals surface area contributed by atoms with E-state index < -0.39 is 0 Å². The normalized spacial score (nSPS) is 23.9. The highest BCUT2D eigenvalue weighted by Crippen LogP contribution is 2.19. The number of halogens is 2. The first-order chi connectivity index (χ1) is 5.81. The highest BCUT2D eigenvalue weighted by Gasteiger charge is 2.34. The molecule has 0 aromatic rings. The Balaban J connectivity index is 0.000000845. The van der Waals surface area contributed by atoms with Gasteiger partial charge in [-0.1, -0.05) is 0 Å². The Morgan fingerprint density at radius 3 is 2.43 bits per heavy atom. The van der Waals surface area contributed by atoms with Gasteiger partial charge in [0.05, 0.1) is 12.1 Å². The minimum atomic E-state index is -0.227. The third-order valence-electron chi connectivity index (χ3n) is 2.53. The molecule has 14 heavy (non-hydrogen) atoms. The molecule has 0 saturated carbocycles. The van der Waals surface area contributed by atoms with E-state index in [0.717, 1.165) is 45.0 Å². The third kappa shape index (κ3) is 2.73. The van der Waals surface area contributed by atoms with Gasteiger partial charge in [0.25, 0.3) is 0 Å². The van der Waals surface area contributed by atoms with Crippen LogP contribution in [0.4, 0.5) is 0 Å². The van der Waals surface area contributed by atoms with Gasteiger partial charge in [0.15, 0.2) is 0 Å². The zero-order chi connectivity index (χ0) is 8.44. The molecule has 0 unspecified atom stereocenters. The van der Waals surface area contributed by atoms with Crippen LogP contribution in [0.2, 0.25) is 0 Å². The lowest BCUT2D eigenvalue weighted by atomic mass is 9.90. The maximum absolute atomic E-state index is 6.19. The second kappa shape index (κ2) is 5.75. The first-order valence-electron chi connectivity index (χ1n) is 4.47. The van der Waals surface area contributed by atoms with Crippen LogP contribution in [0.1, 0.15) is 12.8 Å². The second-order valence-corrected chi connectivity index (χ2v) is 3.43. The summed E-state index contributed by atoms with van der Waals surface area (Å²) >= 11 is 0. The summed E-state index contributed by atoms with van der Waals surface area (Å²) < 4.78 is 5.26. The topological polar surface area (TPSA) is 59.6 Å². The largest absolute Gasteiger partial charge is 0.381 e. The van der Waals surface area contributed by atoms with Crippen molar-refractivity contribution in [1.82, 2.24) is 5.32 Å². The Kier molecular flexibility index (Phi) is 5.74. The number of nitrogens with zero attached hydrogens (tertiary/aromatic N) is 1. The van der Waals surface area contributed by atoms with Crippen LogP contribution in [0.15, 0.2) is 4.99 Å².